The molecule has 0 saturated carbocycles. The van der Waals surface area contributed by atoms with Crippen molar-refractivity contribution in [2.75, 3.05) is 25.1 Å². The summed E-state index contributed by atoms with van der Waals surface area (Å²) in [5.74, 6) is -0.441. The summed E-state index contributed by atoms with van der Waals surface area (Å²) in [4.78, 5) is 29.9. The first-order valence-electron chi connectivity index (χ1n) is 15.1. The molecule has 0 saturated heterocycles. The fraction of sp³-hybridized carbons (Fsp3) is 0.278. The third-order valence-electron chi connectivity index (χ3n) is 7.37. The van der Waals surface area contributed by atoms with E-state index in [1.165, 1.54) is 49.5 Å². The van der Waals surface area contributed by atoms with Gasteiger partial charge in [-0.05, 0) is 80.4 Å². The van der Waals surface area contributed by atoms with Crippen LogP contribution in [0.1, 0.15) is 31.9 Å². The monoisotopic (exact) mass is 711 g/mol. The highest BCUT2D eigenvalue weighted by molar-refractivity contribution is 7.92. The molecule has 1 unspecified atom stereocenters. The van der Waals surface area contributed by atoms with E-state index in [1.54, 1.807) is 36.4 Å². The summed E-state index contributed by atoms with van der Waals surface area (Å²) in [6.07, 6.45) is 0.186. The summed E-state index contributed by atoms with van der Waals surface area (Å²) in [6.45, 7) is 4.95. The zero-order valence-corrected chi connectivity index (χ0v) is 29.8. The molecule has 0 aliphatic carbocycles. The average molecular weight is 713 g/mol. The van der Waals surface area contributed by atoms with E-state index < -0.39 is 34.1 Å². The third-order valence-corrected chi connectivity index (χ3v) is 9.65. The Kier molecular flexibility index (Phi) is 12.0. The Morgan fingerprint density at radius 1 is 0.792 bits per heavy atom. The van der Waals surface area contributed by atoms with Gasteiger partial charge in [0.2, 0.25) is 11.8 Å². The number of nitrogens with one attached hydrogen (secondary N) is 1. The Morgan fingerprint density at radius 2 is 1.38 bits per heavy atom. The van der Waals surface area contributed by atoms with Gasteiger partial charge in [0, 0.05) is 34.6 Å². The number of anilines is 1. The zero-order chi connectivity index (χ0) is 35.1. The molecule has 0 heterocycles. The van der Waals surface area contributed by atoms with Crippen LogP contribution in [0.2, 0.25) is 10.0 Å². The highest BCUT2D eigenvalue weighted by Gasteiger charge is 2.36. The smallest absolute Gasteiger partial charge is 0.264 e. The number of halogens is 2. The standard InChI is InChI=1S/C36H39Cl2N3O6S/c1-36(2,3)39-35(43)31(21-25-9-7-6-8-10-25)40(23-26-11-13-27(37)14-12-26)34(42)24-41(29-17-15-28(38)16-18-29)48(44,45)30-19-20-32(46-4)33(22-30)47-5/h6-20,22,31H,21,23-24H2,1-5H3,(H,39,43). The van der Waals surface area contributed by atoms with Gasteiger partial charge in [-0.3, -0.25) is 13.9 Å². The molecule has 0 aliphatic rings. The molecule has 1 N–H and O–H groups in total. The first-order valence-corrected chi connectivity index (χ1v) is 17.3. The molecule has 0 aliphatic heterocycles. The maximum atomic E-state index is 14.6. The summed E-state index contributed by atoms with van der Waals surface area (Å²) >= 11 is 12.3. The van der Waals surface area contributed by atoms with Crippen molar-refractivity contribution >= 4 is 50.7 Å². The van der Waals surface area contributed by atoms with Gasteiger partial charge in [-0.25, -0.2) is 8.42 Å². The molecule has 2 amide bonds. The van der Waals surface area contributed by atoms with Gasteiger partial charge in [0.15, 0.2) is 11.5 Å². The van der Waals surface area contributed by atoms with Crippen LogP contribution in [0.4, 0.5) is 5.69 Å². The number of carbonyl (C=O) groups is 2. The summed E-state index contributed by atoms with van der Waals surface area (Å²) in [5, 5.41) is 3.91. The Morgan fingerprint density at radius 3 is 1.94 bits per heavy atom. The van der Waals surface area contributed by atoms with Crippen molar-refractivity contribution in [2.24, 2.45) is 0 Å². The van der Waals surface area contributed by atoms with Gasteiger partial charge < -0.3 is 19.7 Å². The second kappa shape index (κ2) is 15.8. The minimum atomic E-state index is -4.38. The SMILES string of the molecule is COc1ccc(S(=O)(=O)N(CC(=O)N(Cc2ccc(Cl)cc2)C(Cc2ccccc2)C(=O)NC(C)(C)C)c2ccc(Cl)cc2)cc1OC. The molecule has 0 radical (unpaired) electrons. The van der Waals surface area contributed by atoms with Crippen LogP contribution in [0.25, 0.3) is 0 Å². The summed E-state index contributed by atoms with van der Waals surface area (Å²) in [5.41, 5.74) is 1.13. The van der Waals surface area contributed by atoms with E-state index in [0.29, 0.717) is 21.4 Å². The van der Waals surface area contributed by atoms with Crippen molar-refractivity contribution in [2.45, 2.75) is 50.2 Å². The van der Waals surface area contributed by atoms with Crippen molar-refractivity contribution in [3.63, 3.8) is 0 Å². The Hall–Kier alpha value is -4.25. The molecule has 1 atom stereocenters. The minimum Gasteiger partial charge on any atom is -0.493 e. The fourth-order valence-electron chi connectivity index (χ4n) is 5.03. The molecule has 0 fully saturated rings. The van der Waals surface area contributed by atoms with Crippen LogP contribution >= 0.6 is 23.2 Å². The van der Waals surface area contributed by atoms with Crippen LogP contribution < -0.4 is 19.1 Å². The quantitative estimate of drug-likeness (QED) is 0.164. The number of carbonyl (C=O) groups excluding carboxylic acids is 2. The number of hydrogen-bond acceptors (Lipinski definition) is 6. The minimum absolute atomic E-state index is 0.00985. The number of ether oxygens (including phenoxy) is 2. The van der Waals surface area contributed by atoms with Gasteiger partial charge in [0.05, 0.1) is 24.8 Å². The number of amides is 2. The Balaban J connectivity index is 1.83. The van der Waals surface area contributed by atoms with Crippen LogP contribution in [0.3, 0.4) is 0 Å². The van der Waals surface area contributed by atoms with Crippen molar-refractivity contribution < 1.29 is 27.5 Å². The Bertz CT molecular complexity index is 1810. The van der Waals surface area contributed by atoms with E-state index in [4.69, 9.17) is 32.7 Å². The highest BCUT2D eigenvalue weighted by atomic mass is 35.5. The van der Waals surface area contributed by atoms with Gasteiger partial charge in [-0.2, -0.15) is 0 Å². The predicted molar refractivity (Wildman–Crippen MR) is 189 cm³/mol. The number of hydrogen-bond donors (Lipinski definition) is 1. The normalized spacial score (nSPS) is 12.1. The molecule has 12 heteroatoms. The molecule has 0 bridgehead atoms. The first-order chi connectivity index (χ1) is 22.7. The summed E-state index contributed by atoms with van der Waals surface area (Å²) in [6, 6.07) is 25.6. The second-order valence-electron chi connectivity index (χ2n) is 12.1. The first kappa shape index (κ1) is 36.6. The van der Waals surface area contributed by atoms with Crippen molar-refractivity contribution in [3.05, 3.63) is 118 Å². The third kappa shape index (κ3) is 9.43. The number of benzene rings is 4. The van der Waals surface area contributed by atoms with Crippen LogP contribution in [0.5, 0.6) is 11.5 Å². The maximum Gasteiger partial charge on any atom is 0.264 e. The molecule has 254 valence electrons. The lowest BCUT2D eigenvalue weighted by molar-refractivity contribution is -0.140. The van der Waals surface area contributed by atoms with Crippen molar-refractivity contribution in [1.29, 1.82) is 0 Å². The fourth-order valence-corrected chi connectivity index (χ4v) is 6.72. The average Bonchev–Trinajstić information content (AvgIpc) is 3.05. The molecule has 48 heavy (non-hydrogen) atoms. The number of rotatable bonds is 13. The summed E-state index contributed by atoms with van der Waals surface area (Å²) in [7, 11) is -1.53. The van der Waals surface area contributed by atoms with Gasteiger partial charge >= 0.3 is 0 Å². The molecule has 4 aromatic carbocycles. The molecule has 0 spiro atoms. The van der Waals surface area contributed by atoms with Gasteiger partial charge in [0.1, 0.15) is 12.6 Å². The molecule has 4 aromatic rings. The van der Waals surface area contributed by atoms with Crippen LogP contribution in [0, 0.1) is 0 Å². The lowest BCUT2D eigenvalue weighted by Crippen LogP contribution is -2.56. The van der Waals surface area contributed by atoms with E-state index in [-0.39, 0.29) is 35.2 Å². The van der Waals surface area contributed by atoms with Gasteiger partial charge in [-0.1, -0.05) is 65.7 Å². The van der Waals surface area contributed by atoms with Gasteiger partial charge in [0.25, 0.3) is 10.0 Å². The topological polar surface area (TPSA) is 105 Å². The lowest BCUT2D eigenvalue weighted by Gasteiger charge is -2.35. The predicted octanol–water partition coefficient (Wildman–Crippen LogP) is 6.76. The van der Waals surface area contributed by atoms with Crippen LogP contribution in [-0.2, 0) is 32.6 Å². The molecule has 0 aromatic heterocycles. The lowest BCUT2D eigenvalue weighted by atomic mass is 10.0. The van der Waals surface area contributed by atoms with Crippen molar-refractivity contribution in [1.82, 2.24) is 10.2 Å². The van der Waals surface area contributed by atoms with E-state index in [9.17, 15) is 18.0 Å². The number of methoxy groups -OCH3 is 2. The molecule has 4 rings (SSSR count). The maximum absolute atomic E-state index is 14.6. The van der Waals surface area contributed by atoms with E-state index in [2.05, 4.69) is 5.32 Å². The molecular formula is C36H39Cl2N3O6S. The Labute approximate surface area is 292 Å². The van der Waals surface area contributed by atoms with Crippen molar-refractivity contribution in [3.8, 4) is 11.5 Å². The van der Waals surface area contributed by atoms with Crippen LogP contribution in [0.15, 0.2) is 102 Å². The van der Waals surface area contributed by atoms with Gasteiger partial charge in [-0.15, -0.1) is 0 Å². The number of nitrogens with zero attached hydrogens (tertiary/aromatic N) is 2. The van der Waals surface area contributed by atoms with E-state index in [1.807, 2.05) is 51.1 Å². The summed E-state index contributed by atoms with van der Waals surface area (Å²) < 4.78 is 40.4. The second-order valence-corrected chi connectivity index (χ2v) is 14.8. The largest absolute Gasteiger partial charge is 0.493 e. The van der Waals surface area contributed by atoms with Crippen LogP contribution in [-0.4, -0.2) is 57.5 Å². The highest BCUT2D eigenvalue weighted by Crippen LogP contribution is 2.33. The zero-order valence-electron chi connectivity index (χ0n) is 27.4. The van der Waals surface area contributed by atoms with E-state index in [0.717, 1.165) is 9.87 Å². The molecule has 9 nitrogen and oxygen atoms in total. The number of sulfonamides is 1. The molecular weight excluding hydrogens is 673 g/mol. The van der Waals surface area contributed by atoms with E-state index >= 15 is 0 Å².